The smallest absolute Gasteiger partial charge is 0.416 e. The third-order valence-electron chi connectivity index (χ3n) is 7.27. The molecule has 1 amide bonds. The molecule has 34 heavy (non-hydrogen) atoms. The summed E-state index contributed by atoms with van der Waals surface area (Å²) in [7, 11) is 1.65. The number of methoxy groups -OCH3 is 1. The zero-order valence-electron chi connectivity index (χ0n) is 20.0. The summed E-state index contributed by atoms with van der Waals surface area (Å²) in [6.45, 7) is 8.75. The maximum Gasteiger partial charge on any atom is 0.416 e. The molecule has 0 saturated carbocycles. The number of nitrogens with zero attached hydrogens (tertiary/aromatic N) is 2. The van der Waals surface area contributed by atoms with E-state index < -0.39 is 11.7 Å². The van der Waals surface area contributed by atoms with Gasteiger partial charge in [-0.3, -0.25) is 9.69 Å². The highest BCUT2D eigenvalue weighted by atomic mass is 19.4. The topological polar surface area (TPSA) is 42.0 Å². The first kappa shape index (κ1) is 24.5. The molecule has 0 N–H and O–H groups in total. The second kappa shape index (κ2) is 9.58. The molecule has 8 heteroatoms. The Balaban J connectivity index is 1.42. The number of piperazine rings is 1. The predicted octanol–water partition coefficient (Wildman–Crippen LogP) is 5.01. The number of benzene rings is 2. The third-order valence-corrected chi connectivity index (χ3v) is 7.27. The SMILES string of the molecule is COCCOc1ccc(C(C)N2C[C@@H]3C[C@@H]2CN3C(=O)c2ccc(C(F)(F)F)cc2)c(C)c1C. The van der Waals surface area contributed by atoms with E-state index in [1.54, 1.807) is 7.11 Å². The van der Waals surface area contributed by atoms with Crippen LogP contribution in [0.1, 0.15) is 52.0 Å². The molecule has 0 radical (unpaired) electrons. The van der Waals surface area contributed by atoms with Crippen molar-refractivity contribution in [1.82, 2.24) is 9.80 Å². The van der Waals surface area contributed by atoms with Crippen LogP contribution in [-0.2, 0) is 10.9 Å². The molecule has 184 valence electrons. The number of carbonyl (C=O) groups excluding carboxylic acids is 1. The summed E-state index contributed by atoms with van der Waals surface area (Å²) in [4.78, 5) is 17.3. The highest BCUT2D eigenvalue weighted by molar-refractivity contribution is 5.94. The normalized spacial score (nSPS) is 21.2. The van der Waals surface area contributed by atoms with E-state index in [0.29, 0.717) is 25.3 Å². The van der Waals surface area contributed by atoms with Gasteiger partial charge >= 0.3 is 6.18 Å². The van der Waals surface area contributed by atoms with E-state index in [1.807, 2.05) is 11.0 Å². The van der Waals surface area contributed by atoms with Crippen molar-refractivity contribution in [2.75, 3.05) is 33.4 Å². The number of hydrogen-bond donors (Lipinski definition) is 0. The lowest BCUT2D eigenvalue weighted by Crippen LogP contribution is -2.49. The van der Waals surface area contributed by atoms with Gasteiger partial charge in [-0.15, -0.1) is 0 Å². The monoisotopic (exact) mass is 476 g/mol. The first-order valence-electron chi connectivity index (χ1n) is 11.6. The van der Waals surface area contributed by atoms with Crippen LogP contribution in [-0.4, -0.2) is 61.2 Å². The first-order valence-corrected chi connectivity index (χ1v) is 11.6. The molecule has 4 rings (SSSR count). The molecule has 2 heterocycles. The van der Waals surface area contributed by atoms with E-state index in [2.05, 4.69) is 31.7 Å². The molecule has 2 fully saturated rings. The van der Waals surface area contributed by atoms with Gasteiger partial charge < -0.3 is 14.4 Å². The van der Waals surface area contributed by atoms with Crippen LogP contribution in [0.2, 0.25) is 0 Å². The number of fused-ring (bicyclic) bond motifs is 2. The van der Waals surface area contributed by atoms with Gasteiger partial charge in [0.1, 0.15) is 12.4 Å². The summed E-state index contributed by atoms with van der Waals surface area (Å²) < 4.78 is 49.4. The highest BCUT2D eigenvalue weighted by Gasteiger charge is 2.47. The van der Waals surface area contributed by atoms with Crippen LogP contribution < -0.4 is 4.74 Å². The number of ether oxygens (including phenoxy) is 2. The molecule has 1 unspecified atom stereocenters. The standard InChI is InChI=1S/C26H31F3N2O3/c1-16-17(2)24(34-12-11-33-4)10-9-23(16)18(3)30-14-22-13-21(30)15-31(22)25(32)19-5-7-20(8-6-19)26(27,28)29/h5-10,18,21-22H,11-15H2,1-4H3/t18?,21-,22+/m1/s1. The van der Waals surface area contributed by atoms with E-state index in [9.17, 15) is 18.0 Å². The fourth-order valence-electron chi connectivity index (χ4n) is 5.23. The zero-order valence-corrected chi connectivity index (χ0v) is 20.0. The minimum absolute atomic E-state index is 0.0697. The largest absolute Gasteiger partial charge is 0.491 e. The molecule has 0 aliphatic carbocycles. The van der Waals surface area contributed by atoms with E-state index >= 15 is 0 Å². The van der Waals surface area contributed by atoms with Crippen molar-refractivity contribution in [3.05, 3.63) is 64.2 Å². The minimum atomic E-state index is -4.41. The summed E-state index contributed by atoms with van der Waals surface area (Å²) >= 11 is 0. The van der Waals surface area contributed by atoms with Crippen molar-refractivity contribution < 1.29 is 27.4 Å². The summed E-state index contributed by atoms with van der Waals surface area (Å²) in [5, 5.41) is 0. The average molecular weight is 477 g/mol. The Morgan fingerprint density at radius 2 is 1.74 bits per heavy atom. The maximum atomic E-state index is 13.0. The van der Waals surface area contributed by atoms with E-state index in [-0.39, 0.29) is 24.0 Å². The Bertz CT molecular complexity index is 1040. The second-order valence-corrected chi connectivity index (χ2v) is 9.19. The van der Waals surface area contributed by atoms with Crippen molar-refractivity contribution in [2.45, 2.75) is 51.5 Å². The van der Waals surface area contributed by atoms with Gasteiger partial charge in [0.15, 0.2) is 0 Å². The van der Waals surface area contributed by atoms with Crippen molar-refractivity contribution in [3.8, 4) is 5.75 Å². The molecule has 0 spiro atoms. The van der Waals surface area contributed by atoms with Crippen LogP contribution in [0.3, 0.4) is 0 Å². The number of alkyl halides is 3. The zero-order chi connectivity index (χ0) is 24.6. The Kier molecular flexibility index (Phi) is 6.92. The van der Waals surface area contributed by atoms with Gasteiger partial charge in [-0.05, 0) is 74.2 Å². The maximum absolute atomic E-state index is 13.0. The lowest BCUT2D eigenvalue weighted by molar-refractivity contribution is -0.137. The highest BCUT2D eigenvalue weighted by Crippen LogP contribution is 2.39. The summed E-state index contributed by atoms with van der Waals surface area (Å²) in [5.74, 6) is 0.667. The fraction of sp³-hybridized carbons (Fsp3) is 0.500. The number of halogens is 3. The minimum Gasteiger partial charge on any atom is -0.491 e. The quantitative estimate of drug-likeness (QED) is 0.527. The van der Waals surface area contributed by atoms with Crippen molar-refractivity contribution in [1.29, 1.82) is 0 Å². The lowest BCUT2D eigenvalue weighted by atomic mass is 9.96. The van der Waals surface area contributed by atoms with E-state index in [0.717, 1.165) is 36.4 Å². The number of hydrogen-bond acceptors (Lipinski definition) is 4. The molecule has 2 aromatic rings. The first-order chi connectivity index (χ1) is 16.1. The van der Waals surface area contributed by atoms with Crippen molar-refractivity contribution >= 4 is 5.91 Å². The number of likely N-dealkylation sites (tertiary alicyclic amines) is 2. The van der Waals surface area contributed by atoms with Gasteiger partial charge in [0.05, 0.1) is 12.2 Å². The van der Waals surface area contributed by atoms with Gasteiger partial charge in [0, 0.05) is 43.9 Å². The molecule has 2 aliphatic rings. The molecular formula is C26H31F3N2O3. The van der Waals surface area contributed by atoms with Crippen LogP contribution in [0, 0.1) is 13.8 Å². The lowest BCUT2D eigenvalue weighted by Gasteiger charge is -2.38. The van der Waals surface area contributed by atoms with Gasteiger partial charge in [-0.2, -0.15) is 13.2 Å². The predicted molar refractivity (Wildman–Crippen MR) is 123 cm³/mol. The van der Waals surface area contributed by atoms with Gasteiger partial charge in [-0.25, -0.2) is 0 Å². The van der Waals surface area contributed by atoms with E-state index in [4.69, 9.17) is 9.47 Å². The second-order valence-electron chi connectivity index (χ2n) is 9.19. The average Bonchev–Trinajstić information content (AvgIpc) is 3.42. The van der Waals surface area contributed by atoms with Crippen LogP contribution >= 0.6 is 0 Å². The van der Waals surface area contributed by atoms with Crippen LogP contribution in [0.15, 0.2) is 36.4 Å². The Hall–Kier alpha value is -2.58. The summed E-state index contributed by atoms with van der Waals surface area (Å²) in [5.41, 5.74) is 3.11. The molecule has 2 aromatic carbocycles. The number of amides is 1. The fourth-order valence-corrected chi connectivity index (χ4v) is 5.23. The van der Waals surface area contributed by atoms with E-state index in [1.165, 1.54) is 23.3 Å². The molecule has 3 atom stereocenters. The van der Waals surface area contributed by atoms with Crippen molar-refractivity contribution in [3.63, 3.8) is 0 Å². The molecule has 5 nitrogen and oxygen atoms in total. The molecule has 2 bridgehead atoms. The van der Waals surface area contributed by atoms with Gasteiger partial charge in [-0.1, -0.05) is 6.07 Å². The summed E-state index contributed by atoms with van der Waals surface area (Å²) in [6, 6.07) is 9.12. The van der Waals surface area contributed by atoms with Crippen LogP contribution in [0.5, 0.6) is 5.75 Å². The van der Waals surface area contributed by atoms with Crippen molar-refractivity contribution in [2.24, 2.45) is 0 Å². The molecular weight excluding hydrogens is 445 g/mol. The Morgan fingerprint density at radius 3 is 2.32 bits per heavy atom. The van der Waals surface area contributed by atoms with Crippen LogP contribution in [0.4, 0.5) is 13.2 Å². The molecule has 2 aliphatic heterocycles. The van der Waals surface area contributed by atoms with Gasteiger partial charge in [0.2, 0.25) is 0 Å². The third kappa shape index (κ3) is 4.66. The van der Waals surface area contributed by atoms with Gasteiger partial charge in [0.25, 0.3) is 5.91 Å². The Morgan fingerprint density at radius 1 is 1.03 bits per heavy atom. The Labute approximate surface area is 198 Å². The number of rotatable bonds is 7. The summed E-state index contributed by atoms with van der Waals surface area (Å²) in [6.07, 6.45) is -3.53. The van der Waals surface area contributed by atoms with Crippen LogP contribution in [0.25, 0.3) is 0 Å². The molecule has 2 saturated heterocycles. The number of carbonyl (C=O) groups is 1. The molecule has 0 aromatic heterocycles.